The third-order valence-electron chi connectivity index (χ3n) is 1.92. The first-order chi connectivity index (χ1) is 6.68. The number of hydrogen-bond acceptors (Lipinski definition) is 5. The highest BCUT2D eigenvalue weighted by atomic mass is 28.4. The van der Waals surface area contributed by atoms with Crippen molar-refractivity contribution in [3.8, 4) is 0 Å². The van der Waals surface area contributed by atoms with Crippen molar-refractivity contribution in [2.75, 3.05) is 53.8 Å². The quantitative estimate of drug-likeness (QED) is 0.614. The number of rotatable bonds is 3. The number of nitrogens with zero attached hydrogens (tertiary/aromatic N) is 1. The molecule has 1 heterocycles. The summed E-state index contributed by atoms with van der Waals surface area (Å²) in [6.07, 6.45) is 0.712. The summed E-state index contributed by atoms with van der Waals surface area (Å²) in [7, 11) is 3.16. The van der Waals surface area contributed by atoms with Gasteiger partial charge >= 0.3 is 8.80 Å². The molecule has 5 nitrogen and oxygen atoms in total. The van der Waals surface area contributed by atoms with Gasteiger partial charge < -0.3 is 22.9 Å². The Balaban J connectivity index is 2.53. The van der Waals surface area contributed by atoms with E-state index in [2.05, 4.69) is 0 Å². The number of hydrogen-bond donors (Lipinski definition) is 0. The second-order valence-corrected chi connectivity index (χ2v) is 6.10. The lowest BCUT2D eigenvalue weighted by Crippen LogP contribution is -2.55. The van der Waals surface area contributed by atoms with Gasteiger partial charge in [0.05, 0.1) is 32.6 Å². The maximum atomic E-state index is 5.66. The maximum Gasteiger partial charge on any atom is 0.515 e. The van der Waals surface area contributed by atoms with Gasteiger partial charge in [0, 0.05) is 7.11 Å². The Morgan fingerprint density at radius 3 is 2.14 bits per heavy atom. The molecule has 0 aromatic rings. The van der Waals surface area contributed by atoms with E-state index in [0.717, 1.165) is 0 Å². The summed E-state index contributed by atoms with van der Waals surface area (Å²) < 4.78 is 22.0. The van der Waals surface area contributed by atoms with E-state index in [1.165, 1.54) is 0 Å². The predicted molar refractivity (Wildman–Crippen MR) is 54.0 cm³/mol. The van der Waals surface area contributed by atoms with Crippen LogP contribution in [0.1, 0.15) is 0 Å². The highest BCUT2D eigenvalue weighted by molar-refractivity contribution is 6.60. The molecule has 0 radical (unpaired) electrons. The minimum Gasteiger partial charge on any atom is -0.377 e. The fourth-order valence-electron chi connectivity index (χ4n) is 1.32. The third kappa shape index (κ3) is 3.64. The van der Waals surface area contributed by atoms with Gasteiger partial charge in [0.25, 0.3) is 0 Å². The summed E-state index contributed by atoms with van der Waals surface area (Å²) in [6.45, 7) is 2.34. The summed E-state index contributed by atoms with van der Waals surface area (Å²) in [5, 5.41) is 0. The van der Waals surface area contributed by atoms with E-state index in [1.807, 2.05) is 19.0 Å². The van der Waals surface area contributed by atoms with E-state index in [0.29, 0.717) is 32.6 Å². The van der Waals surface area contributed by atoms with Crippen LogP contribution in [0.5, 0.6) is 0 Å². The van der Waals surface area contributed by atoms with Crippen LogP contribution in [-0.2, 0) is 18.0 Å². The standard InChI is InChI=1S/C8H19NO4Si/c1-9(2)8-14(10-3)12-6-4-11-5-7-13-14/h4-8H2,1-3H3. The Labute approximate surface area is 86.3 Å². The number of ether oxygens (including phenoxy) is 1. The van der Waals surface area contributed by atoms with E-state index in [-0.39, 0.29) is 0 Å². The topological polar surface area (TPSA) is 40.2 Å². The Kier molecular flexibility index (Phi) is 5.00. The first kappa shape index (κ1) is 12.1. The zero-order chi connectivity index (χ0) is 10.4. The predicted octanol–water partition coefficient (Wildman–Crippen LogP) is -0.264. The van der Waals surface area contributed by atoms with Crippen LogP contribution in [0.15, 0.2) is 0 Å². The van der Waals surface area contributed by atoms with Gasteiger partial charge in [-0.25, -0.2) is 0 Å². The van der Waals surface area contributed by atoms with Gasteiger partial charge in [0.2, 0.25) is 0 Å². The molecule has 0 aromatic carbocycles. The normalized spacial score (nSPS) is 23.1. The Morgan fingerprint density at radius 2 is 1.71 bits per heavy atom. The summed E-state index contributed by atoms with van der Waals surface area (Å²) in [5.41, 5.74) is 0. The zero-order valence-electron chi connectivity index (χ0n) is 9.12. The smallest absolute Gasteiger partial charge is 0.377 e. The summed E-state index contributed by atoms with van der Waals surface area (Å²) in [6, 6.07) is 0. The summed E-state index contributed by atoms with van der Waals surface area (Å²) in [5.74, 6) is 0. The molecule has 0 aliphatic carbocycles. The van der Waals surface area contributed by atoms with Crippen LogP contribution in [0.3, 0.4) is 0 Å². The van der Waals surface area contributed by atoms with E-state index in [4.69, 9.17) is 18.0 Å². The van der Waals surface area contributed by atoms with Crippen molar-refractivity contribution >= 4 is 8.80 Å². The van der Waals surface area contributed by atoms with Gasteiger partial charge in [-0.2, -0.15) is 0 Å². The zero-order valence-corrected chi connectivity index (χ0v) is 10.1. The second kappa shape index (κ2) is 5.79. The van der Waals surface area contributed by atoms with Crippen LogP contribution in [0.2, 0.25) is 0 Å². The van der Waals surface area contributed by atoms with Gasteiger partial charge in [-0.05, 0) is 14.1 Å². The summed E-state index contributed by atoms with van der Waals surface area (Å²) >= 11 is 0. The Hall–Kier alpha value is 0.0169. The van der Waals surface area contributed by atoms with Gasteiger partial charge in [-0.3, -0.25) is 0 Å². The summed E-state index contributed by atoms with van der Waals surface area (Å²) in [4.78, 5) is 2.03. The van der Waals surface area contributed by atoms with Crippen molar-refractivity contribution in [2.45, 2.75) is 0 Å². The van der Waals surface area contributed by atoms with Gasteiger partial charge in [0.15, 0.2) is 0 Å². The van der Waals surface area contributed by atoms with Gasteiger partial charge in [-0.1, -0.05) is 0 Å². The van der Waals surface area contributed by atoms with Crippen LogP contribution in [0, 0.1) is 0 Å². The molecule has 0 aromatic heterocycles. The molecule has 0 bridgehead atoms. The highest BCUT2D eigenvalue weighted by Gasteiger charge is 2.41. The molecule has 1 saturated heterocycles. The fourth-order valence-corrected chi connectivity index (χ4v) is 3.51. The fraction of sp³-hybridized carbons (Fsp3) is 1.00. The molecule has 0 spiro atoms. The minimum atomic E-state index is -2.46. The monoisotopic (exact) mass is 221 g/mol. The second-order valence-electron chi connectivity index (χ2n) is 3.43. The molecule has 0 atom stereocenters. The molecular weight excluding hydrogens is 202 g/mol. The highest BCUT2D eigenvalue weighted by Crippen LogP contribution is 2.11. The minimum absolute atomic E-state index is 0.550. The van der Waals surface area contributed by atoms with Crippen LogP contribution >= 0.6 is 0 Å². The molecule has 1 aliphatic rings. The van der Waals surface area contributed by atoms with Crippen LogP contribution in [-0.4, -0.2) is 67.5 Å². The molecule has 84 valence electrons. The van der Waals surface area contributed by atoms with E-state index < -0.39 is 8.80 Å². The van der Waals surface area contributed by atoms with Gasteiger partial charge in [0.1, 0.15) is 0 Å². The SMILES string of the molecule is CO[Si]1(CN(C)C)OCCOCCO1. The first-order valence-corrected chi connectivity index (χ1v) is 6.67. The average molecular weight is 221 g/mol. The lowest BCUT2D eigenvalue weighted by Gasteiger charge is -2.31. The third-order valence-corrected chi connectivity index (χ3v) is 4.85. The Bertz CT molecular complexity index is 159. The van der Waals surface area contributed by atoms with Crippen molar-refractivity contribution in [3.05, 3.63) is 0 Å². The molecule has 6 heteroatoms. The molecule has 0 saturated carbocycles. The van der Waals surface area contributed by atoms with Crippen LogP contribution < -0.4 is 0 Å². The van der Waals surface area contributed by atoms with Crippen molar-refractivity contribution in [2.24, 2.45) is 0 Å². The molecule has 0 N–H and O–H groups in total. The molecule has 0 amide bonds. The molecule has 0 unspecified atom stereocenters. The first-order valence-electron chi connectivity index (χ1n) is 4.74. The van der Waals surface area contributed by atoms with E-state index in [9.17, 15) is 0 Å². The maximum absolute atomic E-state index is 5.66. The van der Waals surface area contributed by atoms with Crippen molar-refractivity contribution in [1.82, 2.24) is 4.90 Å². The van der Waals surface area contributed by atoms with Gasteiger partial charge in [-0.15, -0.1) is 0 Å². The average Bonchev–Trinajstić information content (AvgIpc) is 2.09. The molecule has 1 rings (SSSR count). The Morgan fingerprint density at radius 1 is 1.14 bits per heavy atom. The van der Waals surface area contributed by atoms with Crippen molar-refractivity contribution in [3.63, 3.8) is 0 Å². The van der Waals surface area contributed by atoms with E-state index in [1.54, 1.807) is 7.11 Å². The lowest BCUT2D eigenvalue weighted by atomic mass is 10.7. The van der Waals surface area contributed by atoms with Crippen molar-refractivity contribution in [1.29, 1.82) is 0 Å². The molecule has 1 aliphatic heterocycles. The molecular formula is C8H19NO4Si. The molecule has 14 heavy (non-hydrogen) atoms. The largest absolute Gasteiger partial charge is 0.515 e. The van der Waals surface area contributed by atoms with Crippen LogP contribution in [0.4, 0.5) is 0 Å². The van der Waals surface area contributed by atoms with Crippen LogP contribution in [0.25, 0.3) is 0 Å². The molecule has 1 fully saturated rings. The van der Waals surface area contributed by atoms with Crippen molar-refractivity contribution < 1.29 is 18.0 Å². The van der Waals surface area contributed by atoms with E-state index >= 15 is 0 Å². The lowest BCUT2D eigenvalue weighted by molar-refractivity contribution is -0.0133.